The molecule has 3 N–H and O–H groups in total. The van der Waals surface area contributed by atoms with Gasteiger partial charge in [0.05, 0.1) is 5.69 Å². The highest BCUT2D eigenvalue weighted by atomic mass is 16.5. The van der Waals surface area contributed by atoms with E-state index in [-0.39, 0.29) is 17.3 Å². The number of hydrogen-bond acceptors (Lipinski definition) is 5. The number of likely N-dealkylation sites (N-methyl/N-ethyl adjacent to an activating group) is 1. The molecule has 2 aliphatic carbocycles. The molecule has 31 heavy (non-hydrogen) atoms. The number of phenolic OH excluding ortho intramolecular Hbond substituents is 1. The summed E-state index contributed by atoms with van der Waals surface area (Å²) >= 11 is 0. The molecule has 156 valence electrons. The summed E-state index contributed by atoms with van der Waals surface area (Å²) < 4.78 is 6.58. The molecule has 4 aliphatic rings. The lowest BCUT2D eigenvalue weighted by molar-refractivity contribution is -0.0260. The normalized spacial score (nSPS) is 29.8. The fourth-order valence-corrected chi connectivity index (χ4v) is 6.97. The highest BCUT2D eigenvalue weighted by Crippen LogP contribution is 2.66. The fraction of sp³-hybridized carbons (Fsp3) is 0.346. The highest BCUT2D eigenvalue weighted by Gasteiger charge is 2.64. The number of pyridine rings is 1. The smallest absolute Gasteiger partial charge is 0.166 e. The van der Waals surface area contributed by atoms with Crippen molar-refractivity contribution in [1.82, 2.24) is 9.88 Å². The van der Waals surface area contributed by atoms with E-state index in [4.69, 9.17) is 15.5 Å². The van der Waals surface area contributed by atoms with Crippen molar-refractivity contribution < 1.29 is 9.84 Å². The van der Waals surface area contributed by atoms with Crippen LogP contribution in [-0.4, -0.2) is 34.6 Å². The summed E-state index contributed by atoms with van der Waals surface area (Å²) in [5.74, 6) is 1.40. The number of piperidine rings is 1. The molecule has 7 rings (SSSR count). The Bertz CT molecular complexity index is 1260. The van der Waals surface area contributed by atoms with Gasteiger partial charge in [-0.15, -0.1) is 0 Å². The minimum atomic E-state index is -0.137. The largest absolute Gasteiger partial charge is 0.504 e. The second-order valence-electron chi connectivity index (χ2n) is 9.65. The van der Waals surface area contributed by atoms with Gasteiger partial charge in [-0.3, -0.25) is 4.98 Å². The average molecular weight is 412 g/mol. The molecule has 2 bridgehead atoms. The fourth-order valence-electron chi connectivity index (χ4n) is 6.97. The maximum absolute atomic E-state index is 10.7. The molecular formula is C26H25N3O2. The van der Waals surface area contributed by atoms with Crippen molar-refractivity contribution in [2.45, 2.75) is 36.8 Å². The van der Waals surface area contributed by atoms with Gasteiger partial charge in [0, 0.05) is 40.0 Å². The van der Waals surface area contributed by atoms with Crippen molar-refractivity contribution in [1.29, 1.82) is 0 Å². The summed E-state index contributed by atoms with van der Waals surface area (Å²) in [7, 11) is 2.25. The Hall–Kier alpha value is -3.05. The number of nitrogens with two attached hydrogens (primary N) is 1. The van der Waals surface area contributed by atoms with Crippen LogP contribution < -0.4 is 10.5 Å². The van der Waals surface area contributed by atoms with E-state index in [0.29, 0.717) is 17.7 Å². The van der Waals surface area contributed by atoms with Gasteiger partial charge in [0.15, 0.2) is 17.6 Å². The van der Waals surface area contributed by atoms with E-state index in [1.165, 1.54) is 16.7 Å². The number of fused-ring (bicyclic) bond motifs is 2. The van der Waals surface area contributed by atoms with Crippen molar-refractivity contribution in [2.75, 3.05) is 19.3 Å². The Kier molecular flexibility index (Phi) is 3.29. The molecular weight excluding hydrogens is 386 g/mol. The number of nitrogens with zero attached hydrogens (tertiary/aromatic N) is 2. The second-order valence-corrected chi connectivity index (χ2v) is 9.65. The van der Waals surface area contributed by atoms with Crippen LogP contribution in [0.1, 0.15) is 34.9 Å². The molecule has 1 aromatic heterocycles. The SMILES string of the molecule is CN1CC[C@]23c4c5ccc(O)c4O[C@H]2c2ncc(-c4ccccc4N)cc2C[C@H]3[C@H]1C5. The highest BCUT2D eigenvalue weighted by molar-refractivity contribution is 5.76. The number of aromatic hydroxyl groups is 1. The minimum Gasteiger partial charge on any atom is -0.504 e. The Morgan fingerprint density at radius 1 is 1.16 bits per heavy atom. The van der Waals surface area contributed by atoms with Crippen LogP contribution in [0.25, 0.3) is 11.1 Å². The zero-order valence-corrected chi connectivity index (χ0v) is 17.5. The van der Waals surface area contributed by atoms with Crippen LogP contribution >= 0.6 is 0 Å². The van der Waals surface area contributed by atoms with Crippen LogP contribution in [0.15, 0.2) is 48.7 Å². The van der Waals surface area contributed by atoms with Crippen molar-refractivity contribution in [3.8, 4) is 22.6 Å². The van der Waals surface area contributed by atoms with Crippen LogP contribution in [0.4, 0.5) is 5.69 Å². The number of hydrogen-bond donors (Lipinski definition) is 2. The molecule has 2 aliphatic heterocycles. The van der Waals surface area contributed by atoms with Crippen LogP contribution in [0.5, 0.6) is 11.5 Å². The molecule has 3 heterocycles. The number of anilines is 1. The van der Waals surface area contributed by atoms with Crippen molar-refractivity contribution in [3.05, 3.63) is 71.0 Å². The maximum Gasteiger partial charge on any atom is 0.166 e. The Labute approximate surface area is 181 Å². The summed E-state index contributed by atoms with van der Waals surface area (Å²) in [6.45, 7) is 1.05. The summed E-state index contributed by atoms with van der Waals surface area (Å²) in [6, 6.07) is 14.6. The summed E-state index contributed by atoms with van der Waals surface area (Å²) in [5, 5.41) is 10.7. The van der Waals surface area contributed by atoms with E-state index in [0.717, 1.165) is 48.3 Å². The summed E-state index contributed by atoms with van der Waals surface area (Å²) in [6.07, 6.45) is 4.82. The van der Waals surface area contributed by atoms with E-state index < -0.39 is 0 Å². The van der Waals surface area contributed by atoms with Gasteiger partial charge in [0.1, 0.15) is 0 Å². The number of aromatic nitrogens is 1. The number of benzene rings is 2. The molecule has 5 heteroatoms. The van der Waals surface area contributed by atoms with Crippen molar-refractivity contribution in [2.24, 2.45) is 5.92 Å². The average Bonchev–Trinajstić information content (AvgIpc) is 3.13. The number of phenols is 1. The maximum atomic E-state index is 10.7. The molecule has 5 nitrogen and oxygen atoms in total. The minimum absolute atomic E-state index is 0.0911. The third kappa shape index (κ3) is 2.07. The molecule has 0 saturated carbocycles. The van der Waals surface area contributed by atoms with Crippen LogP contribution in [-0.2, 0) is 18.3 Å². The van der Waals surface area contributed by atoms with E-state index >= 15 is 0 Å². The van der Waals surface area contributed by atoms with Gasteiger partial charge >= 0.3 is 0 Å². The number of rotatable bonds is 1. The lowest BCUT2D eigenvalue weighted by Gasteiger charge is -2.57. The Morgan fingerprint density at radius 2 is 2.03 bits per heavy atom. The third-order valence-electron chi connectivity index (χ3n) is 8.35. The van der Waals surface area contributed by atoms with E-state index in [1.807, 2.05) is 24.4 Å². The van der Waals surface area contributed by atoms with Gasteiger partial charge in [-0.2, -0.15) is 0 Å². The third-order valence-corrected chi connectivity index (χ3v) is 8.35. The van der Waals surface area contributed by atoms with E-state index in [1.54, 1.807) is 6.07 Å². The molecule has 3 aromatic rings. The van der Waals surface area contributed by atoms with Gasteiger partial charge in [-0.1, -0.05) is 24.3 Å². The van der Waals surface area contributed by atoms with E-state index in [9.17, 15) is 5.11 Å². The zero-order valence-electron chi connectivity index (χ0n) is 17.5. The first-order chi connectivity index (χ1) is 15.1. The first kappa shape index (κ1) is 17.6. The molecule has 4 atom stereocenters. The molecule has 0 radical (unpaired) electrons. The number of para-hydroxylation sites is 1. The van der Waals surface area contributed by atoms with Gasteiger partial charge in [-0.05, 0) is 68.1 Å². The lowest BCUT2D eigenvalue weighted by atomic mass is 9.51. The molecule has 1 fully saturated rings. The number of nitrogen functional groups attached to an aromatic ring is 1. The molecule has 2 aromatic carbocycles. The predicted octanol–water partition coefficient (Wildman–Crippen LogP) is 3.84. The predicted molar refractivity (Wildman–Crippen MR) is 119 cm³/mol. The zero-order chi connectivity index (χ0) is 20.9. The Balaban J connectivity index is 1.45. The monoisotopic (exact) mass is 411 g/mol. The van der Waals surface area contributed by atoms with Crippen LogP contribution in [0.2, 0.25) is 0 Å². The Morgan fingerprint density at radius 3 is 2.90 bits per heavy atom. The topological polar surface area (TPSA) is 71.6 Å². The number of likely N-dealkylation sites (tertiary alicyclic amines) is 1. The standard InChI is InChI=1S/C26H25N3O2/c1-29-9-8-26-18-11-15-10-16(17-4-2-3-5-19(17)27)13-28-23(15)25(26)31-24-21(30)7-6-14(22(24)26)12-20(18)29/h2-7,10,13,18,20,25,30H,8-9,11-12,27H2,1H3/t18-,20+,25-,26-/m0/s1. The summed E-state index contributed by atoms with van der Waals surface area (Å²) in [5.41, 5.74) is 13.9. The second kappa shape index (κ2) is 5.80. The van der Waals surface area contributed by atoms with E-state index in [2.05, 4.69) is 30.1 Å². The molecule has 0 unspecified atom stereocenters. The molecule has 0 amide bonds. The summed E-state index contributed by atoms with van der Waals surface area (Å²) in [4.78, 5) is 7.49. The first-order valence-corrected chi connectivity index (χ1v) is 11.1. The van der Waals surface area contributed by atoms with Crippen LogP contribution in [0, 0.1) is 5.92 Å². The first-order valence-electron chi connectivity index (χ1n) is 11.1. The quantitative estimate of drug-likeness (QED) is 0.596. The van der Waals surface area contributed by atoms with Gasteiger partial charge in [0.25, 0.3) is 0 Å². The van der Waals surface area contributed by atoms with Crippen molar-refractivity contribution in [3.63, 3.8) is 0 Å². The van der Waals surface area contributed by atoms with Gasteiger partial charge in [-0.25, -0.2) is 0 Å². The van der Waals surface area contributed by atoms with Gasteiger partial charge in [0.2, 0.25) is 0 Å². The molecule has 1 saturated heterocycles. The number of ether oxygens (including phenoxy) is 1. The van der Waals surface area contributed by atoms with Gasteiger partial charge < -0.3 is 20.5 Å². The van der Waals surface area contributed by atoms with Crippen LogP contribution in [0.3, 0.4) is 0 Å². The lowest BCUT2D eigenvalue weighted by Crippen LogP contribution is -2.62. The molecule has 1 spiro atoms. The van der Waals surface area contributed by atoms with Crippen molar-refractivity contribution >= 4 is 5.69 Å².